The highest BCUT2D eigenvalue weighted by Crippen LogP contribution is 2.32. The molecule has 1 aliphatic rings. The van der Waals surface area contributed by atoms with Crippen molar-refractivity contribution in [1.29, 1.82) is 0 Å². The van der Waals surface area contributed by atoms with E-state index in [9.17, 15) is 14.9 Å². The van der Waals surface area contributed by atoms with Gasteiger partial charge < -0.3 is 14.8 Å². The Hall–Kier alpha value is -3.09. The molecule has 1 atom stereocenters. The van der Waals surface area contributed by atoms with E-state index < -0.39 is 10.8 Å². The van der Waals surface area contributed by atoms with Crippen LogP contribution < -0.4 is 14.8 Å². The standard InChI is InChI=1S/C17H16N2O5/c1-23-15-7-6-11(19(21)22)10-13(15)17(20)18-14-8-9-24-16-5-3-2-4-12(14)16/h2-7,10,14H,8-9H2,1H3,(H,18,20)/t14-/m1/s1. The molecule has 0 aliphatic carbocycles. The number of nitrogens with one attached hydrogen (secondary N) is 1. The number of hydrogen-bond acceptors (Lipinski definition) is 5. The van der Waals surface area contributed by atoms with Crippen molar-refractivity contribution in [2.75, 3.05) is 13.7 Å². The SMILES string of the molecule is COc1ccc([N+](=O)[O-])cc1C(=O)N[C@@H]1CCOc2ccccc21. The number of nitro benzene ring substituents is 1. The summed E-state index contributed by atoms with van der Waals surface area (Å²) in [4.78, 5) is 23.0. The lowest BCUT2D eigenvalue weighted by atomic mass is 10.00. The fourth-order valence-corrected chi connectivity index (χ4v) is 2.71. The molecule has 0 aromatic heterocycles. The van der Waals surface area contributed by atoms with Crippen LogP contribution in [-0.2, 0) is 0 Å². The first-order chi connectivity index (χ1) is 11.6. The van der Waals surface area contributed by atoms with Crippen molar-refractivity contribution < 1.29 is 19.2 Å². The minimum absolute atomic E-state index is 0.135. The highest BCUT2D eigenvalue weighted by atomic mass is 16.6. The van der Waals surface area contributed by atoms with Crippen LogP contribution in [0.15, 0.2) is 42.5 Å². The smallest absolute Gasteiger partial charge is 0.270 e. The summed E-state index contributed by atoms with van der Waals surface area (Å²) in [6.45, 7) is 0.494. The van der Waals surface area contributed by atoms with E-state index in [0.717, 1.165) is 11.3 Å². The molecule has 0 bridgehead atoms. The van der Waals surface area contributed by atoms with Crippen LogP contribution in [0.3, 0.4) is 0 Å². The first kappa shape index (κ1) is 15.8. The molecule has 2 aromatic rings. The normalized spacial score (nSPS) is 15.8. The van der Waals surface area contributed by atoms with Crippen molar-refractivity contribution in [2.45, 2.75) is 12.5 Å². The maximum absolute atomic E-state index is 12.6. The van der Waals surface area contributed by atoms with Crippen LogP contribution in [-0.4, -0.2) is 24.5 Å². The Morgan fingerprint density at radius 2 is 2.12 bits per heavy atom. The van der Waals surface area contributed by atoms with Gasteiger partial charge in [0.1, 0.15) is 11.5 Å². The van der Waals surface area contributed by atoms with Gasteiger partial charge in [0.2, 0.25) is 0 Å². The lowest BCUT2D eigenvalue weighted by molar-refractivity contribution is -0.384. The van der Waals surface area contributed by atoms with Gasteiger partial charge in [-0.05, 0) is 12.1 Å². The third kappa shape index (κ3) is 3.01. The van der Waals surface area contributed by atoms with Crippen molar-refractivity contribution in [3.8, 4) is 11.5 Å². The fourth-order valence-electron chi connectivity index (χ4n) is 2.71. The Morgan fingerprint density at radius 1 is 1.33 bits per heavy atom. The third-order valence-corrected chi connectivity index (χ3v) is 3.90. The predicted octanol–water partition coefficient (Wildman–Crippen LogP) is 2.86. The van der Waals surface area contributed by atoms with E-state index in [1.807, 2.05) is 24.3 Å². The Labute approximate surface area is 138 Å². The predicted molar refractivity (Wildman–Crippen MR) is 86.4 cm³/mol. The molecule has 7 nitrogen and oxygen atoms in total. The molecule has 0 spiro atoms. The minimum Gasteiger partial charge on any atom is -0.496 e. The second-order valence-corrected chi connectivity index (χ2v) is 5.34. The molecule has 1 amide bonds. The molecular weight excluding hydrogens is 312 g/mol. The Kier molecular flexibility index (Phi) is 4.33. The Morgan fingerprint density at radius 3 is 2.88 bits per heavy atom. The van der Waals surface area contributed by atoms with E-state index in [0.29, 0.717) is 18.8 Å². The van der Waals surface area contributed by atoms with Gasteiger partial charge in [0.15, 0.2) is 0 Å². The van der Waals surface area contributed by atoms with Gasteiger partial charge >= 0.3 is 0 Å². The van der Waals surface area contributed by atoms with E-state index in [1.165, 1.54) is 25.3 Å². The van der Waals surface area contributed by atoms with Gasteiger partial charge in [0.25, 0.3) is 11.6 Å². The molecule has 0 radical (unpaired) electrons. The number of hydrogen-bond donors (Lipinski definition) is 1. The van der Waals surface area contributed by atoms with Crippen molar-refractivity contribution in [1.82, 2.24) is 5.32 Å². The Bertz CT molecular complexity index is 790. The minimum atomic E-state index is -0.542. The van der Waals surface area contributed by atoms with E-state index in [1.54, 1.807) is 0 Å². The average molecular weight is 328 g/mol. The number of nitro groups is 1. The van der Waals surface area contributed by atoms with E-state index in [-0.39, 0.29) is 17.3 Å². The number of carbonyl (C=O) groups is 1. The quantitative estimate of drug-likeness (QED) is 0.688. The summed E-state index contributed by atoms with van der Waals surface area (Å²) in [5, 5.41) is 13.9. The zero-order valence-electron chi connectivity index (χ0n) is 13.0. The molecule has 7 heteroatoms. The summed E-state index contributed by atoms with van der Waals surface area (Å²) in [6.07, 6.45) is 0.625. The summed E-state index contributed by atoms with van der Waals surface area (Å²) >= 11 is 0. The van der Waals surface area contributed by atoms with Gasteiger partial charge in [-0.1, -0.05) is 18.2 Å². The van der Waals surface area contributed by atoms with Gasteiger partial charge in [-0.2, -0.15) is 0 Å². The third-order valence-electron chi connectivity index (χ3n) is 3.90. The van der Waals surface area contributed by atoms with E-state index in [2.05, 4.69) is 5.32 Å². The topological polar surface area (TPSA) is 90.7 Å². The van der Waals surface area contributed by atoms with Gasteiger partial charge in [-0.15, -0.1) is 0 Å². The van der Waals surface area contributed by atoms with Gasteiger partial charge in [-0.3, -0.25) is 14.9 Å². The van der Waals surface area contributed by atoms with Crippen molar-refractivity contribution >= 4 is 11.6 Å². The van der Waals surface area contributed by atoms with Gasteiger partial charge in [0.05, 0.1) is 30.2 Å². The second kappa shape index (κ2) is 6.57. The Balaban J connectivity index is 1.88. The lowest BCUT2D eigenvalue weighted by Gasteiger charge is -2.26. The molecule has 2 aromatic carbocycles. The maximum atomic E-state index is 12.6. The number of methoxy groups -OCH3 is 1. The molecule has 0 fully saturated rings. The summed E-state index contributed by atoms with van der Waals surface area (Å²) < 4.78 is 10.7. The number of carbonyl (C=O) groups excluding carboxylic acids is 1. The zero-order chi connectivity index (χ0) is 17.1. The van der Waals surface area contributed by atoms with Crippen LogP contribution >= 0.6 is 0 Å². The van der Waals surface area contributed by atoms with E-state index >= 15 is 0 Å². The molecule has 0 saturated heterocycles. The number of ether oxygens (including phenoxy) is 2. The second-order valence-electron chi connectivity index (χ2n) is 5.34. The number of nitrogens with zero attached hydrogens (tertiary/aromatic N) is 1. The van der Waals surface area contributed by atoms with Crippen LogP contribution in [0.25, 0.3) is 0 Å². The van der Waals surface area contributed by atoms with Crippen LogP contribution in [0.4, 0.5) is 5.69 Å². The van der Waals surface area contributed by atoms with Gasteiger partial charge in [0, 0.05) is 24.1 Å². The van der Waals surface area contributed by atoms with Crippen LogP contribution in [0.2, 0.25) is 0 Å². The highest BCUT2D eigenvalue weighted by Gasteiger charge is 2.25. The molecule has 24 heavy (non-hydrogen) atoms. The van der Waals surface area contributed by atoms with Crippen LogP contribution in [0.5, 0.6) is 11.5 Å². The number of para-hydroxylation sites is 1. The van der Waals surface area contributed by atoms with Crippen molar-refractivity contribution in [3.63, 3.8) is 0 Å². The van der Waals surface area contributed by atoms with Crippen molar-refractivity contribution in [2.24, 2.45) is 0 Å². The summed E-state index contributed by atoms with van der Waals surface area (Å²) in [5.41, 5.74) is 0.866. The first-order valence-electron chi connectivity index (χ1n) is 7.45. The largest absolute Gasteiger partial charge is 0.496 e. The van der Waals surface area contributed by atoms with E-state index in [4.69, 9.17) is 9.47 Å². The molecule has 1 N–H and O–H groups in total. The highest BCUT2D eigenvalue weighted by molar-refractivity contribution is 5.97. The van der Waals surface area contributed by atoms with Crippen LogP contribution in [0.1, 0.15) is 28.4 Å². The van der Waals surface area contributed by atoms with Gasteiger partial charge in [-0.25, -0.2) is 0 Å². The molecule has 1 aliphatic heterocycles. The maximum Gasteiger partial charge on any atom is 0.270 e. The number of amides is 1. The lowest BCUT2D eigenvalue weighted by Crippen LogP contribution is -2.32. The number of non-ortho nitro benzene ring substituents is 1. The molecule has 3 rings (SSSR count). The van der Waals surface area contributed by atoms with Crippen molar-refractivity contribution in [3.05, 3.63) is 63.7 Å². The number of rotatable bonds is 4. The molecular formula is C17H16N2O5. The monoisotopic (exact) mass is 328 g/mol. The average Bonchev–Trinajstić information content (AvgIpc) is 2.61. The molecule has 0 unspecified atom stereocenters. The van der Waals surface area contributed by atoms with Crippen LogP contribution in [0, 0.1) is 10.1 Å². The molecule has 1 heterocycles. The molecule has 124 valence electrons. The summed E-state index contributed by atoms with van der Waals surface area (Å²) in [5.74, 6) is 0.607. The fraction of sp³-hybridized carbons (Fsp3) is 0.235. The number of benzene rings is 2. The number of fused-ring (bicyclic) bond motifs is 1. The first-order valence-corrected chi connectivity index (χ1v) is 7.45. The zero-order valence-corrected chi connectivity index (χ0v) is 13.0. The summed E-state index contributed by atoms with van der Waals surface area (Å²) in [6, 6.07) is 11.2. The molecule has 0 saturated carbocycles. The summed E-state index contributed by atoms with van der Waals surface area (Å²) in [7, 11) is 1.42.